The SMILES string of the molecule is COC(=O)[C@@H]1CC(C)CN1.Cl. The summed E-state index contributed by atoms with van der Waals surface area (Å²) < 4.78 is 4.58. The van der Waals surface area contributed by atoms with Gasteiger partial charge in [0.1, 0.15) is 6.04 Å². The van der Waals surface area contributed by atoms with Crippen LogP contribution in [0.1, 0.15) is 13.3 Å². The molecule has 1 unspecified atom stereocenters. The van der Waals surface area contributed by atoms with Crippen LogP contribution in [0.3, 0.4) is 0 Å². The lowest BCUT2D eigenvalue weighted by Crippen LogP contribution is -2.31. The van der Waals surface area contributed by atoms with E-state index < -0.39 is 0 Å². The van der Waals surface area contributed by atoms with Crippen molar-refractivity contribution in [2.75, 3.05) is 13.7 Å². The maximum Gasteiger partial charge on any atom is 0.322 e. The summed E-state index contributed by atoms with van der Waals surface area (Å²) in [6.07, 6.45) is 0.909. The van der Waals surface area contributed by atoms with Gasteiger partial charge in [-0.25, -0.2) is 0 Å². The lowest BCUT2D eigenvalue weighted by atomic mass is 10.1. The van der Waals surface area contributed by atoms with Crippen LogP contribution >= 0.6 is 12.4 Å². The summed E-state index contributed by atoms with van der Waals surface area (Å²) in [5.74, 6) is 0.466. The van der Waals surface area contributed by atoms with Gasteiger partial charge in [-0.2, -0.15) is 0 Å². The molecule has 0 radical (unpaired) electrons. The van der Waals surface area contributed by atoms with Crippen LogP contribution in [0.5, 0.6) is 0 Å². The summed E-state index contributed by atoms with van der Waals surface area (Å²) in [7, 11) is 1.42. The molecule has 1 saturated heterocycles. The number of carbonyl (C=O) groups is 1. The molecule has 2 atom stereocenters. The van der Waals surface area contributed by atoms with Gasteiger partial charge in [-0.3, -0.25) is 4.79 Å². The Kier molecular flexibility index (Phi) is 4.45. The van der Waals surface area contributed by atoms with E-state index in [1.165, 1.54) is 7.11 Å². The van der Waals surface area contributed by atoms with Crippen molar-refractivity contribution >= 4 is 18.4 Å². The van der Waals surface area contributed by atoms with E-state index in [2.05, 4.69) is 17.0 Å². The molecule has 3 nitrogen and oxygen atoms in total. The molecular weight excluding hydrogens is 166 g/mol. The molecule has 11 heavy (non-hydrogen) atoms. The van der Waals surface area contributed by atoms with Gasteiger partial charge in [-0.1, -0.05) is 6.92 Å². The van der Waals surface area contributed by atoms with Crippen molar-refractivity contribution in [3.05, 3.63) is 0 Å². The van der Waals surface area contributed by atoms with Crippen LogP contribution in [0.25, 0.3) is 0 Å². The zero-order valence-electron chi connectivity index (χ0n) is 6.79. The minimum absolute atomic E-state index is 0. The number of methoxy groups -OCH3 is 1. The Labute approximate surface area is 72.9 Å². The van der Waals surface area contributed by atoms with E-state index in [9.17, 15) is 4.79 Å². The third-order valence-corrected chi connectivity index (χ3v) is 1.84. The fraction of sp³-hybridized carbons (Fsp3) is 0.857. The maximum atomic E-state index is 10.9. The molecule has 4 heteroatoms. The van der Waals surface area contributed by atoms with Gasteiger partial charge in [-0.15, -0.1) is 12.4 Å². The van der Waals surface area contributed by atoms with Crippen LogP contribution in [0.4, 0.5) is 0 Å². The van der Waals surface area contributed by atoms with Crippen LogP contribution < -0.4 is 5.32 Å². The van der Waals surface area contributed by atoms with Gasteiger partial charge in [0.15, 0.2) is 0 Å². The fourth-order valence-corrected chi connectivity index (χ4v) is 1.23. The molecule has 1 aliphatic heterocycles. The molecule has 0 aromatic carbocycles. The molecule has 1 fully saturated rings. The third-order valence-electron chi connectivity index (χ3n) is 1.84. The molecule has 0 aromatic heterocycles. The van der Waals surface area contributed by atoms with E-state index >= 15 is 0 Å². The molecule has 1 heterocycles. The van der Waals surface area contributed by atoms with E-state index in [0.29, 0.717) is 5.92 Å². The molecule has 0 aromatic rings. The predicted molar refractivity (Wildman–Crippen MR) is 44.8 cm³/mol. The van der Waals surface area contributed by atoms with Crippen LogP contribution in [0.2, 0.25) is 0 Å². The topological polar surface area (TPSA) is 38.3 Å². The van der Waals surface area contributed by atoms with Crippen molar-refractivity contribution in [3.8, 4) is 0 Å². The second-order valence-corrected chi connectivity index (χ2v) is 2.82. The highest BCUT2D eigenvalue weighted by molar-refractivity contribution is 5.85. The monoisotopic (exact) mass is 179 g/mol. The van der Waals surface area contributed by atoms with Crippen molar-refractivity contribution in [3.63, 3.8) is 0 Å². The van der Waals surface area contributed by atoms with Crippen LogP contribution in [0.15, 0.2) is 0 Å². The average Bonchev–Trinajstić information content (AvgIpc) is 2.34. The number of nitrogens with one attached hydrogen (secondary N) is 1. The van der Waals surface area contributed by atoms with Gasteiger partial charge in [0, 0.05) is 0 Å². The highest BCUT2D eigenvalue weighted by Gasteiger charge is 2.26. The number of rotatable bonds is 1. The van der Waals surface area contributed by atoms with E-state index in [1.807, 2.05) is 0 Å². The molecule has 0 saturated carbocycles. The van der Waals surface area contributed by atoms with Gasteiger partial charge >= 0.3 is 5.97 Å². The Morgan fingerprint density at radius 1 is 1.64 bits per heavy atom. The number of halogens is 1. The molecule has 0 spiro atoms. The van der Waals surface area contributed by atoms with Gasteiger partial charge in [0.25, 0.3) is 0 Å². The minimum atomic E-state index is -0.135. The Morgan fingerprint density at radius 2 is 2.27 bits per heavy atom. The first-order valence-corrected chi connectivity index (χ1v) is 3.55. The first-order valence-electron chi connectivity index (χ1n) is 3.55. The van der Waals surface area contributed by atoms with E-state index in [0.717, 1.165) is 13.0 Å². The summed E-state index contributed by atoms with van der Waals surface area (Å²) >= 11 is 0. The van der Waals surface area contributed by atoms with Crippen molar-refractivity contribution < 1.29 is 9.53 Å². The average molecular weight is 180 g/mol. The Hall–Kier alpha value is -0.280. The maximum absolute atomic E-state index is 10.9. The Morgan fingerprint density at radius 3 is 2.64 bits per heavy atom. The smallest absolute Gasteiger partial charge is 0.322 e. The first-order chi connectivity index (χ1) is 4.74. The Balaban J connectivity index is 0.000001000. The molecular formula is C7H14ClNO2. The molecule has 0 amide bonds. The van der Waals surface area contributed by atoms with Crippen LogP contribution in [-0.4, -0.2) is 25.7 Å². The number of hydrogen-bond donors (Lipinski definition) is 1. The number of esters is 1. The summed E-state index contributed by atoms with van der Waals surface area (Å²) in [5, 5.41) is 3.08. The van der Waals surface area contributed by atoms with E-state index in [1.54, 1.807) is 0 Å². The second kappa shape index (κ2) is 4.57. The van der Waals surface area contributed by atoms with Gasteiger partial charge in [0.2, 0.25) is 0 Å². The van der Waals surface area contributed by atoms with Crippen LogP contribution in [-0.2, 0) is 9.53 Å². The van der Waals surface area contributed by atoms with E-state index in [4.69, 9.17) is 0 Å². The van der Waals surface area contributed by atoms with Gasteiger partial charge in [-0.05, 0) is 18.9 Å². The summed E-state index contributed by atoms with van der Waals surface area (Å²) in [6.45, 7) is 3.05. The molecule has 1 rings (SSSR count). The lowest BCUT2D eigenvalue weighted by Gasteiger charge is -2.05. The molecule has 0 aliphatic carbocycles. The Bertz CT molecular complexity index is 140. The zero-order valence-corrected chi connectivity index (χ0v) is 7.61. The number of ether oxygens (including phenoxy) is 1. The van der Waals surface area contributed by atoms with E-state index in [-0.39, 0.29) is 24.4 Å². The molecule has 0 bridgehead atoms. The molecule has 66 valence electrons. The quantitative estimate of drug-likeness (QED) is 0.599. The van der Waals surface area contributed by atoms with Gasteiger partial charge < -0.3 is 10.1 Å². The fourth-order valence-electron chi connectivity index (χ4n) is 1.23. The third kappa shape index (κ3) is 2.67. The largest absolute Gasteiger partial charge is 0.468 e. The zero-order chi connectivity index (χ0) is 7.56. The van der Waals surface area contributed by atoms with Crippen LogP contribution in [0, 0.1) is 5.92 Å². The van der Waals surface area contributed by atoms with Crippen molar-refractivity contribution in [2.45, 2.75) is 19.4 Å². The predicted octanol–water partition coefficient (Wildman–Crippen LogP) is 0.579. The molecule has 1 aliphatic rings. The van der Waals surface area contributed by atoms with Crippen molar-refractivity contribution in [1.29, 1.82) is 0 Å². The normalized spacial score (nSPS) is 29.3. The standard InChI is InChI=1S/C7H13NO2.ClH/c1-5-3-6(8-4-5)7(9)10-2;/h5-6,8H,3-4H2,1-2H3;1H/t5?,6-;/m0./s1. The highest BCUT2D eigenvalue weighted by atomic mass is 35.5. The lowest BCUT2D eigenvalue weighted by molar-refractivity contribution is -0.142. The first kappa shape index (κ1) is 10.7. The number of carbonyl (C=O) groups excluding carboxylic acids is 1. The minimum Gasteiger partial charge on any atom is -0.468 e. The number of hydrogen-bond acceptors (Lipinski definition) is 3. The second-order valence-electron chi connectivity index (χ2n) is 2.82. The highest BCUT2D eigenvalue weighted by Crippen LogP contribution is 2.13. The summed E-state index contributed by atoms with van der Waals surface area (Å²) in [4.78, 5) is 10.9. The van der Waals surface area contributed by atoms with Crippen molar-refractivity contribution in [2.24, 2.45) is 5.92 Å². The summed E-state index contributed by atoms with van der Waals surface area (Å²) in [5.41, 5.74) is 0. The molecule has 1 N–H and O–H groups in total. The van der Waals surface area contributed by atoms with Gasteiger partial charge in [0.05, 0.1) is 7.11 Å². The van der Waals surface area contributed by atoms with Crippen molar-refractivity contribution in [1.82, 2.24) is 5.32 Å². The summed E-state index contributed by atoms with van der Waals surface area (Å²) in [6, 6.07) is -0.0556.